The van der Waals surface area contributed by atoms with Crippen LogP contribution in [0.15, 0.2) is 90.0 Å². The quantitative estimate of drug-likeness (QED) is 0.251. The summed E-state index contributed by atoms with van der Waals surface area (Å²) >= 11 is 1.15. The van der Waals surface area contributed by atoms with Gasteiger partial charge in [-0.25, -0.2) is 13.8 Å². The maximum absolute atomic E-state index is 13.4. The Morgan fingerprint density at radius 1 is 0.875 bits per heavy atom. The molecule has 0 radical (unpaired) electrons. The van der Waals surface area contributed by atoms with E-state index < -0.39 is 5.82 Å². The molecule has 3 nitrogen and oxygen atoms in total. The van der Waals surface area contributed by atoms with E-state index in [9.17, 15) is 18.8 Å². The monoisotopic (exact) mass is 442 g/mol. The number of benzene rings is 3. The zero-order valence-corrected chi connectivity index (χ0v) is 17.6. The first-order valence-corrected chi connectivity index (χ1v) is 10.7. The lowest BCUT2D eigenvalue weighted by Crippen LogP contribution is -2.04. The molecule has 1 aromatic heterocycles. The van der Waals surface area contributed by atoms with Crippen molar-refractivity contribution in [3.8, 4) is 28.5 Å². The van der Waals surface area contributed by atoms with Gasteiger partial charge in [-0.05, 0) is 60.2 Å². The molecule has 3 aromatic carbocycles. The minimum Gasteiger partial charge on any atom is -0.293 e. The van der Waals surface area contributed by atoms with E-state index in [1.54, 1.807) is 18.2 Å². The van der Waals surface area contributed by atoms with Crippen molar-refractivity contribution in [2.45, 2.75) is 5.03 Å². The van der Waals surface area contributed by atoms with Crippen LogP contribution in [0.5, 0.6) is 0 Å². The average molecular weight is 442 g/mol. The Balaban J connectivity index is 1.75. The second-order valence-electron chi connectivity index (χ2n) is 6.94. The lowest BCUT2D eigenvalue weighted by Gasteiger charge is -2.12. The van der Waals surface area contributed by atoms with Crippen LogP contribution in [-0.2, 0) is 0 Å². The summed E-state index contributed by atoms with van der Waals surface area (Å²) in [7, 11) is 0. The molecule has 32 heavy (non-hydrogen) atoms. The van der Waals surface area contributed by atoms with E-state index in [4.69, 9.17) is 0 Å². The Kier molecular flexibility index (Phi) is 6.39. The molecule has 0 saturated carbocycles. The van der Waals surface area contributed by atoms with E-state index in [-0.39, 0.29) is 17.4 Å². The van der Waals surface area contributed by atoms with E-state index >= 15 is 0 Å². The number of hydrogen-bond acceptors (Lipinski definition) is 4. The van der Waals surface area contributed by atoms with Crippen LogP contribution in [0.4, 0.5) is 8.78 Å². The zero-order chi connectivity index (χ0) is 22.5. The molecule has 0 spiro atoms. The molecule has 4 rings (SSSR count). The van der Waals surface area contributed by atoms with Crippen LogP contribution in [0, 0.1) is 23.0 Å². The van der Waals surface area contributed by atoms with Gasteiger partial charge in [0.2, 0.25) is 0 Å². The summed E-state index contributed by atoms with van der Waals surface area (Å²) in [5, 5.41) is 10.3. The molecule has 1 heterocycles. The van der Waals surface area contributed by atoms with E-state index in [1.807, 2.05) is 30.3 Å². The molecule has 0 aliphatic heterocycles. The number of thioether (sulfide) groups is 1. The van der Waals surface area contributed by atoms with E-state index in [0.29, 0.717) is 33.0 Å². The molecule has 0 atom stereocenters. The lowest BCUT2D eigenvalue weighted by molar-refractivity contribution is 0.102. The third-order valence-corrected chi connectivity index (χ3v) is 5.80. The summed E-state index contributed by atoms with van der Waals surface area (Å²) in [6, 6.07) is 24.7. The van der Waals surface area contributed by atoms with Crippen LogP contribution >= 0.6 is 11.8 Å². The second kappa shape index (κ2) is 9.54. The third-order valence-electron chi connectivity index (χ3n) is 4.83. The number of ketones is 1. The Hall–Kier alpha value is -3.82. The molecule has 0 bridgehead atoms. The van der Waals surface area contributed by atoms with Crippen molar-refractivity contribution < 1.29 is 13.6 Å². The summed E-state index contributed by atoms with van der Waals surface area (Å²) in [5.74, 6) is -0.935. The summed E-state index contributed by atoms with van der Waals surface area (Å²) < 4.78 is 26.6. The fraction of sp³-hybridized carbons (Fsp3) is 0.0385. The zero-order valence-electron chi connectivity index (χ0n) is 16.8. The molecular weight excluding hydrogens is 426 g/mol. The van der Waals surface area contributed by atoms with Crippen molar-refractivity contribution in [3.63, 3.8) is 0 Å². The van der Waals surface area contributed by atoms with Crippen LogP contribution in [0.3, 0.4) is 0 Å². The molecule has 0 N–H and O–H groups in total. The molecule has 0 unspecified atom stereocenters. The Bertz CT molecular complexity index is 1300. The fourth-order valence-electron chi connectivity index (χ4n) is 3.20. The summed E-state index contributed by atoms with van der Waals surface area (Å²) in [4.78, 5) is 17.2. The highest BCUT2D eigenvalue weighted by molar-refractivity contribution is 8.00. The van der Waals surface area contributed by atoms with Crippen LogP contribution in [0.2, 0.25) is 0 Å². The third kappa shape index (κ3) is 4.74. The summed E-state index contributed by atoms with van der Waals surface area (Å²) in [6.45, 7) is 0. The average Bonchev–Trinajstić information content (AvgIpc) is 2.83. The first-order chi connectivity index (χ1) is 15.5. The molecule has 156 valence electrons. The SMILES string of the molecule is N#Cc1c(-c2ccccc2)cc(-c2ccc(F)cc2)nc1SCC(=O)c1ccc(F)cc1. The van der Waals surface area contributed by atoms with Crippen LogP contribution in [-0.4, -0.2) is 16.5 Å². The van der Waals surface area contributed by atoms with E-state index in [2.05, 4.69) is 11.1 Å². The van der Waals surface area contributed by atoms with Gasteiger partial charge in [0.05, 0.1) is 17.0 Å². The predicted molar refractivity (Wildman–Crippen MR) is 121 cm³/mol. The van der Waals surface area contributed by atoms with Gasteiger partial charge in [-0.15, -0.1) is 0 Å². The Morgan fingerprint density at radius 2 is 1.50 bits per heavy atom. The minimum absolute atomic E-state index is 0.0361. The minimum atomic E-state index is -0.415. The second-order valence-corrected chi connectivity index (χ2v) is 7.90. The Morgan fingerprint density at radius 3 is 2.12 bits per heavy atom. The number of carbonyl (C=O) groups excluding carboxylic acids is 1. The van der Waals surface area contributed by atoms with E-state index in [1.165, 1.54) is 36.4 Å². The van der Waals surface area contributed by atoms with Gasteiger partial charge in [-0.3, -0.25) is 4.79 Å². The van der Waals surface area contributed by atoms with E-state index in [0.717, 1.165) is 17.3 Å². The van der Waals surface area contributed by atoms with Gasteiger partial charge in [-0.2, -0.15) is 5.26 Å². The number of nitriles is 1. The normalized spacial score (nSPS) is 10.5. The molecule has 0 aliphatic carbocycles. The number of halogens is 2. The number of nitrogens with zero attached hydrogens (tertiary/aromatic N) is 2. The number of aromatic nitrogens is 1. The highest BCUT2D eigenvalue weighted by Crippen LogP contribution is 2.34. The molecule has 6 heteroatoms. The molecular formula is C26H16F2N2OS. The van der Waals surface area contributed by atoms with Gasteiger partial charge in [0.25, 0.3) is 0 Å². The van der Waals surface area contributed by atoms with Crippen LogP contribution in [0.25, 0.3) is 22.4 Å². The van der Waals surface area contributed by atoms with Gasteiger partial charge in [0.15, 0.2) is 5.78 Å². The van der Waals surface area contributed by atoms with Crippen molar-refractivity contribution in [2.24, 2.45) is 0 Å². The topological polar surface area (TPSA) is 53.8 Å². The van der Waals surface area contributed by atoms with Crippen molar-refractivity contribution in [1.29, 1.82) is 5.26 Å². The molecule has 4 aromatic rings. The molecule has 0 fully saturated rings. The summed E-state index contributed by atoms with van der Waals surface area (Å²) in [6.07, 6.45) is 0. The fourth-order valence-corrected chi connectivity index (χ4v) is 4.10. The number of hydrogen-bond donors (Lipinski definition) is 0. The highest BCUT2D eigenvalue weighted by Gasteiger charge is 2.17. The molecule has 0 amide bonds. The standard InChI is InChI=1S/C26H16F2N2OS/c27-20-10-6-18(7-11-20)24-14-22(17-4-2-1-3-5-17)23(15-29)26(30-24)32-16-25(31)19-8-12-21(28)13-9-19/h1-14H,16H2. The first-order valence-electron chi connectivity index (χ1n) is 9.73. The number of pyridine rings is 1. The smallest absolute Gasteiger partial charge is 0.173 e. The lowest BCUT2D eigenvalue weighted by atomic mass is 9.99. The van der Waals surface area contributed by atoms with Crippen molar-refractivity contribution in [1.82, 2.24) is 4.98 Å². The van der Waals surface area contributed by atoms with Crippen molar-refractivity contribution >= 4 is 17.5 Å². The van der Waals surface area contributed by atoms with Crippen molar-refractivity contribution in [2.75, 3.05) is 5.75 Å². The number of rotatable bonds is 6. The van der Waals surface area contributed by atoms with Crippen LogP contribution < -0.4 is 0 Å². The summed E-state index contributed by atoms with van der Waals surface area (Å²) in [5.41, 5.74) is 3.52. The first kappa shape index (κ1) is 21.4. The maximum Gasteiger partial charge on any atom is 0.173 e. The van der Waals surface area contributed by atoms with Gasteiger partial charge in [0, 0.05) is 16.7 Å². The molecule has 0 aliphatic rings. The number of Topliss-reactive ketones (excluding diaryl/α,β-unsaturated/α-hetero) is 1. The van der Waals surface area contributed by atoms with Gasteiger partial charge in [0.1, 0.15) is 22.7 Å². The van der Waals surface area contributed by atoms with Crippen molar-refractivity contribution in [3.05, 3.63) is 108 Å². The van der Waals surface area contributed by atoms with Gasteiger partial charge >= 0.3 is 0 Å². The predicted octanol–water partition coefficient (Wildman–Crippen LogP) is 6.54. The largest absolute Gasteiger partial charge is 0.293 e. The van der Waals surface area contributed by atoms with Gasteiger partial charge < -0.3 is 0 Å². The molecule has 0 saturated heterocycles. The maximum atomic E-state index is 13.4. The van der Waals surface area contributed by atoms with Crippen LogP contribution in [0.1, 0.15) is 15.9 Å². The highest BCUT2D eigenvalue weighted by atomic mass is 32.2. The van der Waals surface area contributed by atoms with Gasteiger partial charge in [-0.1, -0.05) is 42.1 Å². The Labute approximate surface area is 188 Å². The number of carbonyl (C=O) groups is 1.